The highest BCUT2D eigenvalue weighted by Crippen LogP contribution is 2.21. The molecule has 2 heterocycles. The summed E-state index contributed by atoms with van der Waals surface area (Å²) in [5.74, 6) is -0.706. The third kappa shape index (κ3) is 2.34. The minimum absolute atomic E-state index is 0.320. The molecular weight excluding hydrogens is 218 g/mol. The Morgan fingerprint density at radius 3 is 3.00 bits per heavy atom. The Morgan fingerprint density at radius 1 is 1.65 bits per heavy atom. The van der Waals surface area contributed by atoms with Gasteiger partial charge in [-0.2, -0.15) is 5.10 Å². The highest BCUT2D eigenvalue weighted by Gasteiger charge is 2.30. The second-order valence-corrected chi connectivity index (χ2v) is 4.54. The van der Waals surface area contributed by atoms with Crippen LogP contribution in [0.5, 0.6) is 0 Å². The van der Waals surface area contributed by atoms with Gasteiger partial charge in [-0.25, -0.2) is 0 Å². The zero-order valence-corrected chi connectivity index (χ0v) is 10.4. The van der Waals surface area contributed by atoms with E-state index in [1.54, 1.807) is 0 Å². The maximum atomic E-state index is 11.1. The smallest absolute Gasteiger partial charge is 0.320 e. The molecule has 17 heavy (non-hydrogen) atoms. The fourth-order valence-corrected chi connectivity index (χ4v) is 2.47. The van der Waals surface area contributed by atoms with Crippen molar-refractivity contribution in [3.8, 4) is 0 Å². The molecule has 1 N–H and O–H groups in total. The molecule has 0 saturated carbocycles. The van der Waals surface area contributed by atoms with E-state index in [0.717, 1.165) is 37.2 Å². The van der Waals surface area contributed by atoms with E-state index in [0.29, 0.717) is 6.54 Å². The molecule has 1 aliphatic heterocycles. The summed E-state index contributed by atoms with van der Waals surface area (Å²) in [6, 6.07) is -0.320. The maximum Gasteiger partial charge on any atom is 0.320 e. The molecule has 1 fully saturated rings. The second kappa shape index (κ2) is 4.87. The van der Waals surface area contributed by atoms with Gasteiger partial charge >= 0.3 is 5.97 Å². The molecule has 1 aromatic rings. The molecule has 0 unspecified atom stereocenters. The minimum atomic E-state index is -0.706. The van der Waals surface area contributed by atoms with Gasteiger partial charge in [0, 0.05) is 24.3 Å². The fraction of sp³-hybridized carbons (Fsp3) is 0.667. The molecule has 1 aliphatic rings. The van der Waals surface area contributed by atoms with Crippen LogP contribution < -0.4 is 0 Å². The Kier molecular flexibility index (Phi) is 3.47. The van der Waals surface area contributed by atoms with E-state index in [4.69, 9.17) is 5.11 Å². The van der Waals surface area contributed by atoms with Crippen LogP contribution in [0.3, 0.4) is 0 Å². The molecule has 5 heteroatoms. The number of rotatable bonds is 4. The summed E-state index contributed by atoms with van der Waals surface area (Å²) < 4.78 is 1.95. The Morgan fingerprint density at radius 2 is 2.41 bits per heavy atom. The van der Waals surface area contributed by atoms with Crippen LogP contribution >= 0.6 is 0 Å². The van der Waals surface area contributed by atoms with Crippen LogP contribution in [0.25, 0.3) is 0 Å². The van der Waals surface area contributed by atoms with E-state index in [1.807, 2.05) is 22.7 Å². The third-order valence-electron chi connectivity index (χ3n) is 3.53. The van der Waals surface area contributed by atoms with Gasteiger partial charge < -0.3 is 5.11 Å². The number of hydrogen-bond donors (Lipinski definition) is 1. The van der Waals surface area contributed by atoms with Gasteiger partial charge in [0.25, 0.3) is 0 Å². The molecule has 1 atom stereocenters. The number of aromatic nitrogens is 2. The quantitative estimate of drug-likeness (QED) is 0.856. The molecule has 2 rings (SSSR count). The molecule has 0 amide bonds. The molecule has 0 aliphatic carbocycles. The molecule has 1 saturated heterocycles. The number of aliphatic carboxylic acids is 1. The van der Waals surface area contributed by atoms with Crippen molar-refractivity contribution in [3.05, 3.63) is 17.5 Å². The Balaban J connectivity index is 2.09. The topological polar surface area (TPSA) is 58.4 Å². The molecule has 94 valence electrons. The van der Waals surface area contributed by atoms with E-state index >= 15 is 0 Å². The van der Waals surface area contributed by atoms with E-state index in [9.17, 15) is 4.79 Å². The molecule has 0 aromatic carbocycles. The Labute approximate surface area is 101 Å². The third-order valence-corrected chi connectivity index (χ3v) is 3.53. The molecule has 1 aromatic heterocycles. The predicted octanol–water partition coefficient (Wildman–Crippen LogP) is 1.26. The average molecular weight is 237 g/mol. The summed E-state index contributed by atoms with van der Waals surface area (Å²) in [7, 11) is 0. The normalized spacial score (nSPS) is 20.9. The van der Waals surface area contributed by atoms with E-state index in [2.05, 4.69) is 12.0 Å². The predicted molar refractivity (Wildman–Crippen MR) is 63.7 cm³/mol. The van der Waals surface area contributed by atoms with Crippen LogP contribution in [0.2, 0.25) is 0 Å². The van der Waals surface area contributed by atoms with Crippen molar-refractivity contribution in [1.29, 1.82) is 0 Å². The monoisotopic (exact) mass is 237 g/mol. The highest BCUT2D eigenvalue weighted by molar-refractivity contribution is 5.73. The lowest BCUT2D eigenvalue weighted by Crippen LogP contribution is -2.35. The van der Waals surface area contributed by atoms with Gasteiger partial charge in [0.15, 0.2) is 0 Å². The van der Waals surface area contributed by atoms with Crippen LogP contribution in [-0.4, -0.2) is 38.3 Å². The maximum absolute atomic E-state index is 11.1. The average Bonchev–Trinajstić information content (AvgIpc) is 2.88. The first kappa shape index (κ1) is 12.1. The number of carboxylic acid groups (broad SMARTS) is 1. The van der Waals surface area contributed by atoms with E-state index in [1.165, 1.54) is 0 Å². The summed E-state index contributed by atoms with van der Waals surface area (Å²) in [5.41, 5.74) is 2.28. The van der Waals surface area contributed by atoms with Crippen molar-refractivity contribution < 1.29 is 9.90 Å². The molecule has 0 spiro atoms. The molecular formula is C12H19N3O2. The van der Waals surface area contributed by atoms with Gasteiger partial charge in [-0.1, -0.05) is 0 Å². The van der Waals surface area contributed by atoms with Crippen LogP contribution in [0, 0.1) is 6.92 Å². The van der Waals surface area contributed by atoms with Crippen molar-refractivity contribution in [3.63, 3.8) is 0 Å². The lowest BCUT2D eigenvalue weighted by molar-refractivity contribution is -0.142. The van der Waals surface area contributed by atoms with Crippen LogP contribution in [0.1, 0.15) is 31.0 Å². The van der Waals surface area contributed by atoms with Crippen LogP contribution in [-0.2, 0) is 17.9 Å². The van der Waals surface area contributed by atoms with Gasteiger partial charge in [-0.3, -0.25) is 14.4 Å². The van der Waals surface area contributed by atoms with Gasteiger partial charge in [-0.05, 0) is 33.2 Å². The van der Waals surface area contributed by atoms with Gasteiger partial charge in [0.2, 0.25) is 0 Å². The van der Waals surface area contributed by atoms with Crippen molar-refractivity contribution in [2.45, 2.75) is 45.8 Å². The first-order valence-corrected chi connectivity index (χ1v) is 6.11. The van der Waals surface area contributed by atoms with Crippen LogP contribution in [0.4, 0.5) is 0 Å². The number of carbonyl (C=O) groups is 1. The summed E-state index contributed by atoms with van der Waals surface area (Å²) in [5, 5.41) is 13.4. The van der Waals surface area contributed by atoms with Crippen molar-refractivity contribution in [2.75, 3.05) is 6.54 Å². The second-order valence-electron chi connectivity index (χ2n) is 4.54. The summed E-state index contributed by atoms with van der Waals surface area (Å²) in [6.45, 7) is 6.52. The SMILES string of the molecule is CCn1ncc(CN2CCC[C@H]2C(=O)O)c1C. The highest BCUT2D eigenvalue weighted by atomic mass is 16.4. The number of nitrogens with zero attached hydrogens (tertiary/aromatic N) is 3. The summed E-state index contributed by atoms with van der Waals surface area (Å²) in [4.78, 5) is 13.1. The largest absolute Gasteiger partial charge is 0.480 e. The number of likely N-dealkylation sites (tertiary alicyclic amines) is 1. The van der Waals surface area contributed by atoms with E-state index in [-0.39, 0.29) is 6.04 Å². The fourth-order valence-electron chi connectivity index (χ4n) is 2.47. The lowest BCUT2D eigenvalue weighted by Gasteiger charge is -2.20. The van der Waals surface area contributed by atoms with Crippen LogP contribution in [0.15, 0.2) is 6.20 Å². The van der Waals surface area contributed by atoms with Gasteiger partial charge in [0.05, 0.1) is 6.20 Å². The van der Waals surface area contributed by atoms with E-state index < -0.39 is 5.97 Å². The Bertz CT molecular complexity index is 414. The van der Waals surface area contributed by atoms with Gasteiger partial charge in [-0.15, -0.1) is 0 Å². The molecule has 5 nitrogen and oxygen atoms in total. The summed E-state index contributed by atoms with van der Waals surface area (Å²) >= 11 is 0. The van der Waals surface area contributed by atoms with Crippen molar-refractivity contribution >= 4 is 5.97 Å². The minimum Gasteiger partial charge on any atom is -0.480 e. The first-order valence-electron chi connectivity index (χ1n) is 6.11. The Hall–Kier alpha value is -1.36. The number of aryl methyl sites for hydroxylation is 1. The number of hydrogen-bond acceptors (Lipinski definition) is 3. The molecule has 0 bridgehead atoms. The van der Waals surface area contributed by atoms with Crippen molar-refractivity contribution in [2.24, 2.45) is 0 Å². The molecule has 0 radical (unpaired) electrons. The zero-order valence-electron chi connectivity index (χ0n) is 10.4. The zero-order chi connectivity index (χ0) is 12.4. The first-order chi connectivity index (χ1) is 8.13. The summed E-state index contributed by atoms with van der Waals surface area (Å²) in [6.07, 6.45) is 3.59. The van der Waals surface area contributed by atoms with Gasteiger partial charge in [0.1, 0.15) is 6.04 Å². The standard InChI is InChI=1S/C12H19N3O2/c1-3-15-9(2)10(7-13-15)8-14-6-4-5-11(14)12(16)17/h7,11H,3-6,8H2,1-2H3,(H,16,17)/t11-/m0/s1. The van der Waals surface area contributed by atoms with Crippen molar-refractivity contribution in [1.82, 2.24) is 14.7 Å². The number of carboxylic acids is 1. The lowest BCUT2D eigenvalue weighted by atomic mass is 10.2.